The van der Waals surface area contributed by atoms with Crippen molar-refractivity contribution >= 4 is 34.8 Å². The summed E-state index contributed by atoms with van der Waals surface area (Å²) >= 11 is 11.8. The highest BCUT2D eigenvalue weighted by Gasteiger charge is 2.32. The molecule has 0 aliphatic rings. The topological polar surface area (TPSA) is 46.1 Å². The van der Waals surface area contributed by atoms with E-state index < -0.39 is 29.4 Å². The average molecular weight is 482 g/mol. The van der Waals surface area contributed by atoms with Crippen molar-refractivity contribution in [3.8, 4) is 5.69 Å². The first-order valence-corrected chi connectivity index (χ1v) is 9.11. The summed E-state index contributed by atoms with van der Waals surface area (Å²) in [5.74, 6) is -0.739. The molecule has 0 fully saturated rings. The van der Waals surface area contributed by atoms with E-state index in [1.807, 2.05) is 0 Å². The molecule has 0 spiro atoms. The van der Waals surface area contributed by atoms with Gasteiger partial charge >= 0.3 is 12.4 Å². The third kappa shape index (κ3) is 5.08. The number of amides is 1. The van der Waals surface area contributed by atoms with Gasteiger partial charge in [-0.3, -0.25) is 15.6 Å². The zero-order valence-corrected chi connectivity index (χ0v) is 16.6. The first-order valence-electron chi connectivity index (χ1n) is 8.35. The molecule has 12 heteroatoms. The highest BCUT2D eigenvalue weighted by molar-refractivity contribution is 6.33. The zero-order valence-electron chi connectivity index (χ0n) is 15.1. The van der Waals surface area contributed by atoms with E-state index in [1.165, 1.54) is 22.9 Å². The highest BCUT2D eigenvalue weighted by Crippen LogP contribution is 2.34. The van der Waals surface area contributed by atoms with Gasteiger partial charge in [-0.15, -0.1) is 0 Å². The van der Waals surface area contributed by atoms with Crippen molar-refractivity contribution in [1.82, 2.24) is 9.99 Å². The number of hydrazine groups is 1. The lowest BCUT2D eigenvalue weighted by atomic mass is 10.2. The second-order valence-electron chi connectivity index (χ2n) is 6.20. The van der Waals surface area contributed by atoms with Crippen LogP contribution in [0.3, 0.4) is 0 Å². The quantitative estimate of drug-likeness (QED) is 0.326. The van der Waals surface area contributed by atoms with Crippen molar-refractivity contribution in [1.29, 1.82) is 0 Å². The average Bonchev–Trinajstić information content (AvgIpc) is 3.14. The molecule has 3 aromatic rings. The Morgan fingerprint density at radius 2 is 1.42 bits per heavy atom. The first-order chi connectivity index (χ1) is 14.4. The molecule has 0 saturated heterocycles. The predicted octanol–water partition coefficient (Wildman–Crippen LogP) is 6.58. The van der Waals surface area contributed by atoms with Crippen molar-refractivity contribution in [2.45, 2.75) is 12.4 Å². The number of anilines is 1. The second kappa shape index (κ2) is 8.35. The third-order valence-corrected chi connectivity index (χ3v) is 4.74. The number of rotatable bonds is 4. The molecule has 2 N–H and O–H groups in total. The SMILES string of the molecule is O=C(NNc1ccc(C(F)(F)F)cc1Cl)c1cccn1-c1ccc(C(F)(F)F)cc1Cl. The van der Waals surface area contributed by atoms with Crippen LogP contribution in [-0.2, 0) is 12.4 Å². The Bertz CT molecular complexity index is 1120. The number of carbonyl (C=O) groups excluding carboxylic acids is 1. The summed E-state index contributed by atoms with van der Waals surface area (Å²) in [7, 11) is 0. The molecule has 0 aliphatic carbocycles. The summed E-state index contributed by atoms with van der Waals surface area (Å²) in [6.45, 7) is 0. The molecule has 1 aromatic heterocycles. The fraction of sp³-hybridized carbons (Fsp3) is 0.105. The molecule has 2 aromatic carbocycles. The molecule has 0 atom stereocenters. The van der Waals surface area contributed by atoms with Crippen molar-refractivity contribution in [2.24, 2.45) is 0 Å². The number of hydrogen-bond acceptors (Lipinski definition) is 2. The fourth-order valence-corrected chi connectivity index (χ4v) is 3.13. The van der Waals surface area contributed by atoms with Crippen LogP contribution in [0.4, 0.5) is 32.0 Å². The smallest absolute Gasteiger partial charge is 0.311 e. The van der Waals surface area contributed by atoms with E-state index in [1.54, 1.807) is 0 Å². The normalized spacial score (nSPS) is 12.0. The number of carbonyl (C=O) groups is 1. The minimum atomic E-state index is -4.58. The van der Waals surface area contributed by atoms with Gasteiger partial charge in [0, 0.05) is 6.20 Å². The van der Waals surface area contributed by atoms with Crippen LogP contribution in [0.5, 0.6) is 0 Å². The number of nitrogens with zero attached hydrogens (tertiary/aromatic N) is 1. The van der Waals surface area contributed by atoms with E-state index in [9.17, 15) is 31.1 Å². The molecule has 0 radical (unpaired) electrons. The molecule has 0 bridgehead atoms. The van der Waals surface area contributed by atoms with Crippen LogP contribution < -0.4 is 10.9 Å². The van der Waals surface area contributed by atoms with Crippen molar-refractivity contribution < 1.29 is 31.1 Å². The maximum absolute atomic E-state index is 12.8. The molecule has 3 rings (SSSR count). The van der Waals surface area contributed by atoms with Gasteiger partial charge in [-0.1, -0.05) is 23.2 Å². The van der Waals surface area contributed by atoms with Crippen molar-refractivity contribution in [2.75, 3.05) is 5.43 Å². The zero-order chi connectivity index (χ0) is 23.0. The lowest BCUT2D eigenvalue weighted by Crippen LogP contribution is -2.31. The molecular weight excluding hydrogens is 471 g/mol. The van der Waals surface area contributed by atoms with E-state index in [0.29, 0.717) is 6.07 Å². The van der Waals surface area contributed by atoms with Gasteiger partial charge in [-0.25, -0.2) is 0 Å². The Kier molecular flexibility index (Phi) is 6.15. The van der Waals surface area contributed by atoms with Gasteiger partial charge in [-0.05, 0) is 48.5 Å². The van der Waals surface area contributed by atoms with Gasteiger partial charge in [0.05, 0.1) is 32.5 Å². The Morgan fingerprint density at radius 1 is 0.839 bits per heavy atom. The monoisotopic (exact) mass is 481 g/mol. The van der Waals surface area contributed by atoms with Crippen LogP contribution in [0.15, 0.2) is 54.7 Å². The summed E-state index contributed by atoms with van der Waals surface area (Å²) in [5, 5.41) is -0.518. The predicted molar refractivity (Wildman–Crippen MR) is 103 cm³/mol. The van der Waals surface area contributed by atoms with Crippen LogP contribution >= 0.6 is 23.2 Å². The van der Waals surface area contributed by atoms with Crippen molar-refractivity contribution in [3.05, 3.63) is 81.6 Å². The number of hydrogen-bond donors (Lipinski definition) is 2. The summed E-state index contributed by atoms with van der Waals surface area (Å²) in [4.78, 5) is 12.5. The summed E-state index contributed by atoms with van der Waals surface area (Å²) in [5.41, 5.74) is 2.90. The molecule has 4 nitrogen and oxygen atoms in total. The number of halogens is 8. The Morgan fingerprint density at radius 3 is 1.97 bits per heavy atom. The highest BCUT2D eigenvalue weighted by atomic mass is 35.5. The van der Waals surface area contributed by atoms with Gasteiger partial charge in [-0.2, -0.15) is 26.3 Å². The number of alkyl halides is 6. The number of aromatic nitrogens is 1. The van der Waals surface area contributed by atoms with Gasteiger partial charge < -0.3 is 4.57 Å². The van der Waals surface area contributed by atoms with Crippen LogP contribution in [0, 0.1) is 0 Å². The second-order valence-corrected chi connectivity index (χ2v) is 7.01. The fourth-order valence-electron chi connectivity index (χ4n) is 2.64. The van der Waals surface area contributed by atoms with E-state index in [-0.39, 0.29) is 27.1 Å². The molecule has 164 valence electrons. The van der Waals surface area contributed by atoms with Gasteiger partial charge in [0.25, 0.3) is 5.91 Å². The van der Waals surface area contributed by atoms with E-state index in [4.69, 9.17) is 23.2 Å². The summed E-state index contributed by atoms with van der Waals surface area (Å²) < 4.78 is 77.8. The molecule has 0 aliphatic heterocycles. The molecule has 31 heavy (non-hydrogen) atoms. The van der Waals surface area contributed by atoms with E-state index >= 15 is 0 Å². The number of nitrogens with one attached hydrogen (secondary N) is 2. The minimum Gasteiger partial charge on any atom is -0.311 e. The Hall–Kier alpha value is -2.85. The van der Waals surface area contributed by atoms with Crippen LogP contribution in [0.25, 0.3) is 5.69 Å². The van der Waals surface area contributed by atoms with E-state index in [0.717, 1.165) is 30.3 Å². The molecular formula is C19H11Cl2F6N3O. The first kappa shape index (κ1) is 22.8. The van der Waals surface area contributed by atoms with Crippen molar-refractivity contribution in [3.63, 3.8) is 0 Å². The largest absolute Gasteiger partial charge is 0.416 e. The lowest BCUT2D eigenvalue weighted by molar-refractivity contribution is -0.138. The van der Waals surface area contributed by atoms with Gasteiger partial charge in [0.2, 0.25) is 0 Å². The molecule has 1 heterocycles. The van der Waals surface area contributed by atoms with Crippen LogP contribution in [-0.4, -0.2) is 10.5 Å². The summed E-state index contributed by atoms with van der Waals surface area (Å²) in [6, 6.07) is 8.03. The van der Waals surface area contributed by atoms with Gasteiger partial charge in [0.1, 0.15) is 5.69 Å². The van der Waals surface area contributed by atoms with Crippen LogP contribution in [0.2, 0.25) is 10.0 Å². The molecule has 1 amide bonds. The number of benzene rings is 2. The third-order valence-electron chi connectivity index (χ3n) is 4.12. The standard InChI is InChI=1S/C19H11Cl2F6N3O/c20-12-8-10(18(22,23)24)3-5-14(12)28-29-17(31)16-2-1-7-30(16)15-6-4-11(9-13(15)21)19(25,26)27/h1-9,28H,(H,29,31). The summed E-state index contributed by atoms with van der Waals surface area (Å²) in [6.07, 6.45) is -7.74. The maximum Gasteiger partial charge on any atom is 0.416 e. The Labute approximate surface area is 181 Å². The van der Waals surface area contributed by atoms with Gasteiger partial charge in [0.15, 0.2) is 0 Å². The molecule has 0 saturated carbocycles. The lowest BCUT2D eigenvalue weighted by Gasteiger charge is -2.15. The minimum absolute atomic E-state index is 0.00260. The molecule has 0 unspecified atom stereocenters. The van der Waals surface area contributed by atoms with Crippen LogP contribution in [0.1, 0.15) is 21.6 Å². The Balaban J connectivity index is 1.79. The maximum atomic E-state index is 12.8. The van der Waals surface area contributed by atoms with E-state index in [2.05, 4.69) is 10.9 Å².